The van der Waals surface area contributed by atoms with Crippen LogP contribution >= 0.6 is 0 Å². The van der Waals surface area contributed by atoms with E-state index in [9.17, 15) is 18.0 Å². The molecule has 0 spiro atoms. The lowest BCUT2D eigenvalue weighted by Crippen LogP contribution is -2.44. The lowest BCUT2D eigenvalue weighted by molar-refractivity contribution is -0.145. The molecule has 1 rings (SSSR count). The summed E-state index contributed by atoms with van der Waals surface area (Å²) in [5.41, 5.74) is 3.52. The Kier molecular flexibility index (Phi) is 4.11. The van der Waals surface area contributed by atoms with Gasteiger partial charge in [-0.1, -0.05) is 12.1 Å². The zero-order valence-corrected chi connectivity index (χ0v) is 8.87. The molecule has 0 heterocycles. The van der Waals surface area contributed by atoms with Crippen LogP contribution in [-0.4, -0.2) is 24.0 Å². The lowest BCUT2D eigenvalue weighted by atomic mass is 9.77. The maximum Gasteiger partial charge on any atom is 0.315 e. The molecule has 1 atom stereocenters. The van der Waals surface area contributed by atoms with Crippen molar-refractivity contribution in [3.05, 3.63) is 35.6 Å². The van der Waals surface area contributed by atoms with Gasteiger partial charge in [0.05, 0.1) is 0 Å². The van der Waals surface area contributed by atoms with Crippen LogP contribution < -0.4 is 5.73 Å². The highest BCUT2D eigenvalue weighted by molar-refractivity contribution is 5.81. The van der Waals surface area contributed by atoms with Crippen molar-refractivity contribution in [3.8, 4) is 0 Å². The van der Waals surface area contributed by atoms with Gasteiger partial charge in [0, 0.05) is 13.0 Å². The third-order valence-electron chi connectivity index (χ3n) is 2.66. The summed E-state index contributed by atoms with van der Waals surface area (Å²) in [5, 5.41) is 9.09. The van der Waals surface area contributed by atoms with Crippen LogP contribution in [0.3, 0.4) is 0 Å². The Balaban J connectivity index is 3.21. The van der Waals surface area contributed by atoms with E-state index in [1.165, 1.54) is 12.1 Å². The molecule has 0 bridgehead atoms. The van der Waals surface area contributed by atoms with E-state index >= 15 is 0 Å². The molecule has 1 aromatic carbocycles. The zero-order chi connectivity index (χ0) is 13.1. The molecule has 3 N–H and O–H groups in total. The van der Waals surface area contributed by atoms with Crippen LogP contribution in [0.1, 0.15) is 12.0 Å². The fraction of sp³-hybridized carbons (Fsp3) is 0.364. The number of rotatable bonds is 5. The quantitative estimate of drug-likeness (QED) is 0.833. The Hall–Kier alpha value is -1.56. The number of halogens is 3. The van der Waals surface area contributed by atoms with Crippen LogP contribution in [0.4, 0.5) is 13.2 Å². The number of nitrogens with two attached hydrogens (primary N) is 1. The highest BCUT2D eigenvalue weighted by Crippen LogP contribution is 2.30. The second-order valence-corrected chi connectivity index (χ2v) is 3.69. The second kappa shape index (κ2) is 5.18. The van der Waals surface area contributed by atoms with Gasteiger partial charge < -0.3 is 10.8 Å². The number of carboxylic acid groups (broad SMARTS) is 1. The van der Waals surface area contributed by atoms with E-state index in [2.05, 4.69) is 0 Å². The van der Waals surface area contributed by atoms with E-state index in [1.54, 1.807) is 0 Å². The van der Waals surface area contributed by atoms with E-state index in [-0.39, 0.29) is 5.56 Å². The average molecular weight is 247 g/mol. The van der Waals surface area contributed by atoms with Crippen molar-refractivity contribution in [3.63, 3.8) is 0 Å². The number of carbonyl (C=O) groups is 1. The number of benzene rings is 1. The molecule has 1 unspecified atom stereocenters. The summed E-state index contributed by atoms with van der Waals surface area (Å²) in [7, 11) is 0. The van der Waals surface area contributed by atoms with E-state index < -0.39 is 36.6 Å². The third kappa shape index (κ3) is 2.76. The van der Waals surface area contributed by atoms with Crippen molar-refractivity contribution < 1.29 is 23.1 Å². The van der Waals surface area contributed by atoms with Gasteiger partial charge in [0.15, 0.2) is 0 Å². The molecule has 0 aliphatic rings. The molecular weight excluding hydrogens is 235 g/mol. The van der Waals surface area contributed by atoms with Crippen LogP contribution in [0.15, 0.2) is 24.3 Å². The third-order valence-corrected chi connectivity index (χ3v) is 2.66. The summed E-state index contributed by atoms with van der Waals surface area (Å²) < 4.78 is 37.6. The Bertz CT molecular complexity index is 394. The SMILES string of the molecule is NCC(CC(F)F)(C(=O)O)c1ccc(F)cc1. The normalized spacial score (nSPS) is 14.6. The first-order chi connectivity index (χ1) is 7.92. The summed E-state index contributed by atoms with van der Waals surface area (Å²) in [6, 6.07) is 4.37. The minimum atomic E-state index is -2.81. The molecule has 0 aromatic heterocycles. The monoisotopic (exact) mass is 247 g/mol. The van der Waals surface area contributed by atoms with E-state index in [1.807, 2.05) is 0 Å². The van der Waals surface area contributed by atoms with Gasteiger partial charge in [-0.05, 0) is 17.7 Å². The second-order valence-electron chi connectivity index (χ2n) is 3.69. The summed E-state index contributed by atoms with van der Waals surface area (Å²) >= 11 is 0. The maximum absolute atomic E-state index is 12.7. The van der Waals surface area contributed by atoms with Gasteiger partial charge in [-0.3, -0.25) is 4.79 Å². The first kappa shape index (κ1) is 13.5. The first-order valence-electron chi connectivity index (χ1n) is 4.90. The molecular formula is C11H12F3NO2. The van der Waals surface area contributed by atoms with E-state index in [0.29, 0.717) is 0 Å². The first-order valence-corrected chi connectivity index (χ1v) is 4.90. The Labute approximate surface area is 96.0 Å². The number of carboxylic acids is 1. The largest absolute Gasteiger partial charge is 0.481 e. The standard InChI is InChI=1S/C11H12F3NO2/c12-8-3-1-7(2-4-8)11(6-15,10(16)17)5-9(13)14/h1-4,9H,5-6,15H2,(H,16,17). The number of alkyl halides is 2. The molecule has 94 valence electrons. The topological polar surface area (TPSA) is 63.3 Å². The number of hydrogen-bond acceptors (Lipinski definition) is 2. The Morgan fingerprint density at radius 1 is 1.35 bits per heavy atom. The molecule has 3 nitrogen and oxygen atoms in total. The van der Waals surface area contributed by atoms with Gasteiger partial charge in [-0.2, -0.15) is 0 Å². The fourth-order valence-electron chi connectivity index (χ4n) is 1.65. The predicted molar refractivity (Wildman–Crippen MR) is 55.4 cm³/mol. The van der Waals surface area contributed by atoms with Crippen LogP contribution in [0.5, 0.6) is 0 Å². The Morgan fingerprint density at radius 3 is 2.24 bits per heavy atom. The molecule has 0 fully saturated rings. The summed E-state index contributed by atoms with van der Waals surface area (Å²) in [6.45, 7) is -0.474. The number of hydrogen-bond donors (Lipinski definition) is 2. The van der Waals surface area contributed by atoms with Crippen LogP contribution in [0.2, 0.25) is 0 Å². The lowest BCUT2D eigenvalue weighted by Gasteiger charge is -2.28. The smallest absolute Gasteiger partial charge is 0.315 e. The molecule has 0 saturated carbocycles. The minimum absolute atomic E-state index is 0.0780. The van der Waals surface area contributed by atoms with Gasteiger partial charge in [-0.15, -0.1) is 0 Å². The van der Waals surface area contributed by atoms with Crippen molar-refractivity contribution in [2.75, 3.05) is 6.54 Å². The summed E-state index contributed by atoms with van der Waals surface area (Å²) in [6.07, 6.45) is -3.70. The maximum atomic E-state index is 12.7. The van der Waals surface area contributed by atoms with Crippen molar-refractivity contribution in [1.82, 2.24) is 0 Å². The summed E-state index contributed by atoms with van der Waals surface area (Å²) in [4.78, 5) is 11.2. The van der Waals surface area contributed by atoms with Crippen LogP contribution in [0, 0.1) is 5.82 Å². The van der Waals surface area contributed by atoms with Gasteiger partial charge in [-0.25, -0.2) is 13.2 Å². The Morgan fingerprint density at radius 2 is 1.88 bits per heavy atom. The predicted octanol–water partition coefficient (Wildman–Crippen LogP) is 1.76. The van der Waals surface area contributed by atoms with Gasteiger partial charge in [0.25, 0.3) is 0 Å². The minimum Gasteiger partial charge on any atom is -0.481 e. The molecule has 0 amide bonds. The van der Waals surface area contributed by atoms with Crippen molar-refractivity contribution in [1.29, 1.82) is 0 Å². The van der Waals surface area contributed by atoms with Crippen molar-refractivity contribution >= 4 is 5.97 Å². The van der Waals surface area contributed by atoms with Crippen LogP contribution in [0.25, 0.3) is 0 Å². The van der Waals surface area contributed by atoms with Crippen LogP contribution in [-0.2, 0) is 10.2 Å². The molecule has 17 heavy (non-hydrogen) atoms. The van der Waals surface area contributed by atoms with Crippen molar-refractivity contribution in [2.45, 2.75) is 18.3 Å². The van der Waals surface area contributed by atoms with E-state index in [0.717, 1.165) is 12.1 Å². The molecule has 0 radical (unpaired) electrons. The number of aliphatic carboxylic acids is 1. The molecule has 0 aliphatic heterocycles. The molecule has 1 aromatic rings. The highest BCUT2D eigenvalue weighted by atomic mass is 19.3. The highest BCUT2D eigenvalue weighted by Gasteiger charge is 2.41. The van der Waals surface area contributed by atoms with Gasteiger partial charge in [0.2, 0.25) is 6.43 Å². The average Bonchev–Trinajstić information content (AvgIpc) is 2.26. The molecule has 0 aliphatic carbocycles. The van der Waals surface area contributed by atoms with Gasteiger partial charge >= 0.3 is 5.97 Å². The fourth-order valence-corrected chi connectivity index (χ4v) is 1.65. The molecule has 0 saturated heterocycles. The van der Waals surface area contributed by atoms with Gasteiger partial charge in [0.1, 0.15) is 11.2 Å². The summed E-state index contributed by atoms with van der Waals surface area (Å²) in [5.74, 6) is -2.01. The van der Waals surface area contributed by atoms with Crippen molar-refractivity contribution in [2.24, 2.45) is 5.73 Å². The zero-order valence-electron chi connectivity index (χ0n) is 8.87. The van der Waals surface area contributed by atoms with E-state index in [4.69, 9.17) is 10.8 Å². The molecule has 6 heteroatoms.